The summed E-state index contributed by atoms with van der Waals surface area (Å²) in [5.74, 6) is 5.14. The van der Waals surface area contributed by atoms with Crippen LogP contribution in [0.1, 0.15) is 25.8 Å². The first-order chi connectivity index (χ1) is 10.1. The molecule has 0 spiro atoms. The number of carbonyl (C=O) groups excluding carboxylic acids is 2. The molecule has 0 saturated carbocycles. The fourth-order valence-corrected chi connectivity index (χ4v) is 2.35. The van der Waals surface area contributed by atoms with Crippen molar-refractivity contribution in [3.63, 3.8) is 0 Å². The van der Waals surface area contributed by atoms with Crippen LogP contribution in [0.5, 0.6) is 0 Å². The number of hydrogen-bond acceptors (Lipinski definition) is 3. The number of nitrogens with zero attached hydrogens (tertiary/aromatic N) is 1. The number of rotatable bonds is 4. The van der Waals surface area contributed by atoms with Crippen molar-refractivity contribution in [1.82, 2.24) is 4.90 Å². The van der Waals surface area contributed by atoms with Gasteiger partial charge in [0.2, 0.25) is 5.91 Å². The molecule has 0 radical (unpaired) electrons. The summed E-state index contributed by atoms with van der Waals surface area (Å²) in [6.07, 6.45) is 0.527. The Morgan fingerprint density at radius 3 is 2.81 bits per heavy atom. The Morgan fingerprint density at radius 2 is 2.14 bits per heavy atom. The standard InChI is InChI=1S/C17H19NO3/c1-3-4-8-13(2)16(19)18-15(12-21-17(18)20)11-14-9-6-5-7-10-14/h5-7,9-10,13,15H,8,11-12H2,1-2H3/t13-,15?/m0/s1. The van der Waals surface area contributed by atoms with Crippen molar-refractivity contribution < 1.29 is 14.3 Å². The van der Waals surface area contributed by atoms with Crippen LogP contribution in [0.4, 0.5) is 4.79 Å². The molecule has 4 heteroatoms. The van der Waals surface area contributed by atoms with Crippen LogP contribution in [0.2, 0.25) is 0 Å². The lowest BCUT2D eigenvalue weighted by atomic mass is 10.0. The van der Waals surface area contributed by atoms with E-state index in [1.54, 1.807) is 13.8 Å². The van der Waals surface area contributed by atoms with Crippen LogP contribution in [0.25, 0.3) is 0 Å². The molecule has 1 fully saturated rings. The lowest BCUT2D eigenvalue weighted by Gasteiger charge is -2.22. The van der Waals surface area contributed by atoms with Gasteiger partial charge in [-0.05, 0) is 18.9 Å². The highest BCUT2D eigenvalue weighted by Crippen LogP contribution is 2.20. The van der Waals surface area contributed by atoms with Gasteiger partial charge in [0, 0.05) is 12.3 Å². The van der Waals surface area contributed by atoms with Crippen molar-refractivity contribution >= 4 is 12.0 Å². The Kier molecular flexibility index (Phi) is 4.99. The fourth-order valence-electron chi connectivity index (χ4n) is 2.35. The summed E-state index contributed by atoms with van der Waals surface area (Å²) < 4.78 is 5.06. The van der Waals surface area contributed by atoms with Gasteiger partial charge in [-0.1, -0.05) is 37.3 Å². The van der Waals surface area contributed by atoms with Gasteiger partial charge in [-0.15, -0.1) is 11.8 Å². The quantitative estimate of drug-likeness (QED) is 0.799. The van der Waals surface area contributed by atoms with E-state index in [0.29, 0.717) is 12.8 Å². The molecule has 2 amide bonds. The van der Waals surface area contributed by atoms with E-state index in [-0.39, 0.29) is 24.5 Å². The Labute approximate surface area is 125 Å². The molecule has 1 aliphatic heterocycles. The largest absolute Gasteiger partial charge is 0.447 e. The first-order valence-corrected chi connectivity index (χ1v) is 7.07. The van der Waals surface area contributed by atoms with E-state index in [2.05, 4.69) is 11.8 Å². The van der Waals surface area contributed by atoms with Gasteiger partial charge in [0.05, 0.1) is 6.04 Å². The Bertz CT molecular complexity index is 571. The van der Waals surface area contributed by atoms with Crippen LogP contribution in [0.15, 0.2) is 30.3 Å². The van der Waals surface area contributed by atoms with Gasteiger partial charge in [-0.25, -0.2) is 9.69 Å². The van der Waals surface area contributed by atoms with Gasteiger partial charge in [0.25, 0.3) is 0 Å². The van der Waals surface area contributed by atoms with E-state index in [0.717, 1.165) is 5.56 Å². The molecule has 4 nitrogen and oxygen atoms in total. The van der Waals surface area contributed by atoms with Crippen LogP contribution in [-0.2, 0) is 16.0 Å². The molecule has 1 unspecified atom stereocenters. The second kappa shape index (κ2) is 6.94. The zero-order valence-corrected chi connectivity index (χ0v) is 12.3. The zero-order chi connectivity index (χ0) is 15.2. The van der Waals surface area contributed by atoms with Crippen LogP contribution in [0, 0.1) is 17.8 Å². The minimum absolute atomic E-state index is 0.207. The van der Waals surface area contributed by atoms with Crippen molar-refractivity contribution in [2.75, 3.05) is 6.61 Å². The second-order valence-electron chi connectivity index (χ2n) is 5.16. The predicted octanol–water partition coefficient (Wildman–Crippen LogP) is 2.63. The molecular formula is C17H19NO3. The number of amides is 2. The van der Waals surface area contributed by atoms with Gasteiger partial charge >= 0.3 is 6.09 Å². The van der Waals surface area contributed by atoms with Crippen molar-refractivity contribution in [2.24, 2.45) is 5.92 Å². The molecule has 2 atom stereocenters. The summed E-state index contributed by atoms with van der Waals surface area (Å²) in [6, 6.07) is 9.56. The lowest BCUT2D eigenvalue weighted by Crippen LogP contribution is -2.42. The van der Waals surface area contributed by atoms with Crippen molar-refractivity contribution in [3.8, 4) is 11.8 Å². The SMILES string of the molecule is CC#CC[C@H](C)C(=O)N1C(=O)OCC1Cc1ccccc1. The monoisotopic (exact) mass is 285 g/mol. The number of carbonyl (C=O) groups is 2. The van der Waals surface area contributed by atoms with Gasteiger partial charge in [0.15, 0.2) is 0 Å². The van der Waals surface area contributed by atoms with E-state index in [1.807, 2.05) is 30.3 Å². The van der Waals surface area contributed by atoms with Gasteiger partial charge in [-0.2, -0.15) is 0 Å². The number of ether oxygens (including phenoxy) is 1. The van der Waals surface area contributed by atoms with Crippen LogP contribution < -0.4 is 0 Å². The first kappa shape index (κ1) is 15.1. The topological polar surface area (TPSA) is 46.6 Å². The molecule has 1 aromatic rings. The van der Waals surface area contributed by atoms with Crippen LogP contribution in [0.3, 0.4) is 0 Å². The lowest BCUT2D eigenvalue weighted by molar-refractivity contribution is -0.132. The summed E-state index contributed by atoms with van der Waals surface area (Å²) in [5.41, 5.74) is 1.08. The number of hydrogen-bond donors (Lipinski definition) is 0. The van der Waals surface area contributed by atoms with Gasteiger partial charge < -0.3 is 4.74 Å². The average molecular weight is 285 g/mol. The summed E-state index contributed by atoms with van der Waals surface area (Å²) in [7, 11) is 0. The first-order valence-electron chi connectivity index (χ1n) is 7.07. The van der Waals surface area contributed by atoms with E-state index >= 15 is 0 Å². The molecule has 0 N–H and O–H groups in total. The minimum atomic E-state index is -0.544. The maximum absolute atomic E-state index is 12.4. The van der Waals surface area contributed by atoms with Crippen LogP contribution in [-0.4, -0.2) is 29.5 Å². The van der Waals surface area contributed by atoms with E-state index < -0.39 is 6.09 Å². The maximum atomic E-state index is 12.4. The van der Waals surface area contributed by atoms with Crippen molar-refractivity contribution in [2.45, 2.75) is 32.7 Å². The normalized spacial score (nSPS) is 18.7. The van der Waals surface area contributed by atoms with E-state index in [1.165, 1.54) is 4.90 Å². The molecule has 0 aliphatic carbocycles. The van der Waals surface area contributed by atoms with Crippen molar-refractivity contribution in [1.29, 1.82) is 0 Å². The summed E-state index contributed by atoms with van der Waals surface area (Å²) in [6.45, 7) is 3.78. The molecule has 2 rings (SSSR count). The summed E-state index contributed by atoms with van der Waals surface area (Å²) >= 11 is 0. The Hall–Kier alpha value is -2.28. The highest BCUT2D eigenvalue weighted by atomic mass is 16.6. The molecule has 0 aromatic heterocycles. The van der Waals surface area contributed by atoms with E-state index in [4.69, 9.17) is 4.74 Å². The summed E-state index contributed by atoms with van der Waals surface area (Å²) in [5, 5.41) is 0. The fraction of sp³-hybridized carbons (Fsp3) is 0.412. The predicted molar refractivity (Wildman–Crippen MR) is 79.4 cm³/mol. The molecule has 1 heterocycles. The third kappa shape index (κ3) is 3.63. The number of imide groups is 1. The number of benzene rings is 1. The smallest absolute Gasteiger partial charge is 0.416 e. The highest BCUT2D eigenvalue weighted by Gasteiger charge is 2.39. The molecule has 1 aromatic carbocycles. The average Bonchev–Trinajstić information content (AvgIpc) is 2.85. The third-order valence-corrected chi connectivity index (χ3v) is 3.52. The molecule has 1 saturated heterocycles. The zero-order valence-electron chi connectivity index (χ0n) is 12.3. The Balaban J connectivity index is 2.09. The third-order valence-electron chi connectivity index (χ3n) is 3.52. The molecule has 110 valence electrons. The molecule has 1 aliphatic rings. The maximum Gasteiger partial charge on any atom is 0.416 e. The Morgan fingerprint density at radius 1 is 1.43 bits per heavy atom. The van der Waals surface area contributed by atoms with Gasteiger partial charge in [0.1, 0.15) is 6.61 Å². The highest BCUT2D eigenvalue weighted by molar-refractivity contribution is 5.94. The van der Waals surface area contributed by atoms with E-state index in [9.17, 15) is 9.59 Å². The second-order valence-corrected chi connectivity index (χ2v) is 5.16. The molecular weight excluding hydrogens is 266 g/mol. The van der Waals surface area contributed by atoms with Crippen LogP contribution >= 0.6 is 0 Å². The van der Waals surface area contributed by atoms with Gasteiger partial charge in [-0.3, -0.25) is 4.79 Å². The molecule has 0 bridgehead atoms. The van der Waals surface area contributed by atoms with Crippen molar-refractivity contribution in [3.05, 3.63) is 35.9 Å². The summed E-state index contributed by atoms with van der Waals surface area (Å²) in [4.78, 5) is 25.5. The molecule has 21 heavy (non-hydrogen) atoms. The number of cyclic esters (lactones) is 1. The minimum Gasteiger partial charge on any atom is -0.447 e.